The third-order valence-corrected chi connectivity index (χ3v) is 1.01. The van der Waals surface area contributed by atoms with Gasteiger partial charge in [0.25, 0.3) is 6.43 Å². The smallest absolute Gasteiger partial charge is 0.281 e. The average molecular weight is 150 g/mol. The van der Waals surface area contributed by atoms with Gasteiger partial charge in [-0.2, -0.15) is 0 Å². The number of hydrogen-bond donors (Lipinski definition) is 0. The lowest BCUT2D eigenvalue weighted by Crippen LogP contribution is -1.86. The maximum atomic E-state index is 11.7. The van der Waals surface area contributed by atoms with E-state index in [4.69, 9.17) is 0 Å². The Bertz CT molecular complexity index is 208. The van der Waals surface area contributed by atoms with Crippen LogP contribution in [-0.2, 0) is 6.80 Å². The molecular weight excluding hydrogens is 145 g/mol. The van der Waals surface area contributed by atoms with Crippen LogP contribution in [0.3, 0.4) is 0 Å². The van der Waals surface area contributed by atoms with Gasteiger partial charge in [0.2, 0.25) is 0 Å². The summed E-state index contributed by atoms with van der Waals surface area (Å²) in [5.74, 6) is 0. The molecule has 0 fully saturated rings. The molecule has 0 N–H and O–H groups in total. The predicted molar refractivity (Wildman–Crippen MR) is 28.3 cm³/mol. The maximum Gasteiger partial charge on any atom is 0.281 e. The van der Waals surface area contributed by atoms with Crippen LogP contribution in [0.4, 0.5) is 13.2 Å². The predicted octanol–water partition coefficient (Wildman–Crippen LogP) is 1.75. The first kappa shape index (κ1) is 7.11. The summed E-state index contributed by atoms with van der Waals surface area (Å²) in [6.07, 6.45) is -0.612. The topological polar surface area (TPSA) is 17.8 Å². The minimum absolute atomic E-state index is 0.391. The second-order valence-electron chi connectivity index (χ2n) is 1.73. The molecule has 0 radical (unpaired) electrons. The molecule has 5 heteroatoms. The van der Waals surface area contributed by atoms with Crippen molar-refractivity contribution in [3.63, 3.8) is 0 Å². The Hall–Kier alpha value is -1.00. The molecule has 10 heavy (non-hydrogen) atoms. The zero-order valence-electron chi connectivity index (χ0n) is 4.97. The van der Waals surface area contributed by atoms with Crippen LogP contribution in [0.2, 0.25) is 0 Å². The second kappa shape index (κ2) is 2.72. The number of rotatable bonds is 2. The molecule has 1 rings (SSSR count). The average Bonchev–Trinajstić information content (AvgIpc) is 2.34. The molecule has 0 unspecified atom stereocenters. The van der Waals surface area contributed by atoms with Gasteiger partial charge in [-0.1, -0.05) is 0 Å². The van der Waals surface area contributed by atoms with Crippen LogP contribution in [0.5, 0.6) is 0 Å². The van der Waals surface area contributed by atoms with Crippen molar-refractivity contribution in [2.24, 2.45) is 0 Å². The summed E-state index contributed by atoms with van der Waals surface area (Å²) >= 11 is 0. The normalized spacial score (nSPS) is 10.8. The van der Waals surface area contributed by atoms with Crippen LogP contribution >= 0.6 is 0 Å². The molecule has 1 heterocycles. The van der Waals surface area contributed by atoms with E-state index in [2.05, 4.69) is 4.98 Å². The minimum atomic E-state index is -2.62. The van der Waals surface area contributed by atoms with E-state index >= 15 is 0 Å². The fourth-order valence-corrected chi connectivity index (χ4v) is 0.555. The zero-order chi connectivity index (χ0) is 7.56. The molecule has 56 valence electrons. The Kier molecular flexibility index (Phi) is 1.94. The van der Waals surface area contributed by atoms with E-state index in [-0.39, 0.29) is 0 Å². The zero-order valence-corrected chi connectivity index (χ0v) is 4.97. The van der Waals surface area contributed by atoms with Crippen LogP contribution in [0.1, 0.15) is 12.1 Å². The molecule has 0 aliphatic rings. The van der Waals surface area contributed by atoms with Gasteiger partial charge in [0, 0.05) is 6.20 Å². The third kappa shape index (κ3) is 1.29. The lowest BCUT2D eigenvalue weighted by atomic mass is 10.5. The van der Waals surface area contributed by atoms with Gasteiger partial charge in [-0.3, -0.25) is 0 Å². The molecule has 1 aromatic rings. The summed E-state index contributed by atoms with van der Waals surface area (Å²) in [5.41, 5.74) is -0.391. The lowest BCUT2D eigenvalue weighted by Gasteiger charge is -1.89. The van der Waals surface area contributed by atoms with Crippen LogP contribution < -0.4 is 0 Å². The first-order valence-electron chi connectivity index (χ1n) is 2.60. The number of hydrogen-bond acceptors (Lipinski definition) is 1. The SMILES string of the molecule is FCn1cnc(C(F)F)c1. The molecule has 1 aromatic heterocycles. The summed E-state index contributed by atoms with van der Waals surface area (Å²) in [6.45, 7) is -0.820. The summed E-state index contributed by atoms with van der Waals surface area (Å²) in [4.78, 5) is 3.26. The van der Waals surface area contributed by atoms with Crippen LogP contribution in [0.15, 0.2) is 12.5 Å². The molecule has 0 atom stereocenters. The Morgan fingerprint density at radius 2 is 2.30 bits per heavy atom. The fourth-order valence-electron chi connectivity index (χ4n) is 0.555. The molecular formula is C5H5F3N2. The van der Waals surface area contributed by atoms with E-state index in [1.54, 1.807) is 0 Å². The van der Waals surface area contributed by atoms with E-state index < -0.39 is 18.9 Å². The molecule has 0 saturated heterocycles. The molecule has 2 nitrogen and oxygen atoms in total. The molecule has 0 spiro atoms. The van der Waals surface area contributed by atoms with Crippen molar-refractivity contribution < 1.29 is 13.2 Å². The van der Waals surface area contributed by atoms with Gasteiger partial charge < -0.3 is 4.57 Å². The first-order chi connectivity index (χ1) is 4.74. The third-order valence-electron chi connectivity index (χ3n) is 1.01. The quantitative estimate of drug-likeness (QED) is 0.627. The summed E-state index contributed by atoms with van der Waals surface area (Å²) in [5, 5.41) is 0. The Morgan fingerprint density at radius 3 is 2.60 bits per heavy atom. The summed E-state index contributed by atoms with van der Waals surface area (Å²) < 4.78 is 36.1. The van der Waals surface area contributed by atoms with Crippen LogP contribution in [0, 0.1) is 0 Å². The van der Waals surface area contributed by atoms with Crippen LogP contribution in [-0.4, -0.2) is 9.55 Å². The van der Waals surface area contributed by atoms with Gasteiger partial charge in [0.1, 0.15) is 5.69 Å². The molecule has 0 aliphatic heterocycles. The summed E-state index contributed by atoms with van der Waals surface area (Å²) in [7, 11) is 0. The largest absolute Gasteiger partial charge is 0.309 e. The van der Waals surface area contributed by atoms with Gasteiger partial charge in [-0.25, -0.2) is 18.2 Å². The molecule has 0 amide bonds. The Labute approximate surface area is 55.3 Å². The van der Waals surface area contributed by atoms with Gasteiger partial charge in [0.15, 0.2) is 6.80 Å². The van der Waals surface area contributed by atoms with Crippen molar-refractivity contribution in [1.82, 2.24) is 9.55 Å². The van der Waals surface area contributed by atoms with E-state index in [0.717, 1.165) is 17.1 Å². The second-order valence-corrected chi connectivity index (χ2v) is 1.73. The van der Waals surface area contributed by atoms with Crippen molar-refractivity contribution in [2.45, 2.75) is 13.2 Å². The van der Waals surface area contributed by atoms with Gasteiger partial charge >= 0.3 is 0 Å². The number of aromatic nitrogens is 2. The summed E-state index contributed by atoms with van der Waals surface area (Å²) in [6, 6.07) is 0. The Balaban J connectivity index is 2.78. The maximum absolute atomic E-state index is 11.7. The standard InChI is InChI=1S/C5H5F3N2/c6-2-10-1-4(5(7)8)9-3-10/h1,3,5H,2H2. The van der Waals surface area contributed by atoms with Crippen molar-refractivity contribution in [3.05, 3.63) is 18.2 Å². The van der Waals surface area contributed by atoms with Gasteiger partial charge in [-0.05, 0) is 0 Å². The minimum Gasteiger partial charge on any atom is -0.309 e. The molecule has 0 bridgehead atoms. The van der Waals surface area contributed by atoms with E-state index in [1.807, 2.05) is 0 Å². The molecule has 0 aliphatic carbocycles. The number of imidazole rings is 1. The highest BCUT2D eigenvalue weighted by molar-refractivity contribution is 4.97. The molecule has 0 aromatic carbocycles. The number of nitrogens with zero attached hydrogens (tertiary/aromatic N) is 2. The number of alkyl halides is 3. The number of halogens is 3. The highest BCUT2D eigenvalue weighted by Crippen LogP contribution is 2.15. The van der Waals surface area contributed by atoms with E-state index in [9.17, 15) is 13.2 Å². The Morgan fingerprint density at radius 1 is 1.60 bits per heavy atom. The molecule has 0 saturated carbocycles. The first-order valence-corrected chi connectivity index (χ1v) is 2.60. The van der Waals surface area contributed by atoms with Crippen molar-refractivity contribution in [2.75, 3.05) is 0 Å². The van der Waals surface area contributed by atoms with Crippen LogP contribution in [0.25, 0.3) is 0 Å². The van der Waals surface area contributed by atoms with Crippen molar-refractivity contribution in [1.29, 1.82) is 0 Å². The van der Waals surface area contributed by atoms with Gasteiger partial charge in [-0.15, -0.1) is 0 Å². The van der Waals surface area contributed by atoms with Crippen molar-refractivity contribution >= 4 is 0 Å². The van der Waals surface area contributed by atoms with Gasteiger partial charge in [0.05, 0.1) is 6.33 Å². The fraction of sp³-hybridized carbons (Fsp3) is 0.400. The highest BCUT2D eigenvalue weighted by atomic mass is 19.3. The van der Waals surface area contributed by atoms with Crippen molar-refractivity contribution in [3.8, 4) is 0 Å². The van der Waals surface area contributed by atoms with E-state index in [0.29, 0.717) is 0 Å². The monoisotopic (exact) mass is 150 g/mol. The van der Waals surface area contributed by atoms with E-state index in [1.165, 1.54) is 0 Å². The lowest BCUT2D eigenvalue weighted by molar-refractivity contribution is 0.146. The highest BCUT2D eigenvalue weighted by Gasteiger charge is 2.09.